The molecule has 0 radical (unpaired) electrons. The number of carbonyl (C=O) groups is 1. The van der Waals surface area contributed by atoms with Crippen LogP contribution in [0.1, 0.15) is 6.92 Å². The summed E-state index contributed by atoms with van der Waals surface area (Å²) in [5.74, 6) is 0. The van der Waals surface area contributed by atoms with Gasteiger partial charge < -0.3 is 9.84 Å². The van der Waals surface area contributed by atoms with Gasteiger partial charge in [-0.3, -0.25) is 5.21 Å². The van der Waals surface area contributed by atoms with Crippen LogP contribution >= 0.6 is 7.80 Å². The fourth-order valence-electron chi connectivity index (χ4n) is 0.443. The van der Waals surface area contributed by atoms with E-state index in [0.29, 0.717) is 0 Å². The van der Waals surface area contributed by atoms with Crippen molar-refractivity contribution in [3.05, 3.63) is 0 Å². The quantitative estimate of drug-likeness (QED) is 0.178. The number of nitrogens with zero attached hydrogens (tertiary/aromatic N) is 1. The molecule has 0 fully saturated rings. The summed E-state index contributed by atoms with van der Waals surface area (Å²) in [5.41, 5.74) is -1.13. The maximum Gasteiger partial charge on any atom is 1.00 e. The van der Waals surface area contributed by atoms with Gasteiger partial charge in [0.2, 0.25) is 6.03 Å². The molecule has 13 heavy (non-hydrogen) atoms. The first-order valence-corrected chi connectivity index (χ1v) is 4.54. The monoisotopic (exact) mass is 218 g/mol. The van der Waals surface area contributed by atoms with Crippen LogP contribution in [0.5, 0.6) is 0 Å². The Labute approximate surface area is 98.9 Å². The first kappa shape index (κ1) is 15.9. The Kier molecular flexibility index (Phi) is 9.56. The third-order valence-electron chi connectivity index (χ3n) is 0.966. The molecule has 0 spiro atoms. The summed E-state index contributed by atoms with van der Waals surface area (Å²) >= 11 is 0. The van der Waals surface area contributed by atoms with Crippen molar-refractivity contribution in [2.24, 2.45) is 0 Å². The summed E-state index contributed by atoms with van der Waals surface area (Å²) in [5, 5.41) is 19.3. The van der Waals surface area contributed by atoms with Crippen LogP contribution in [0.2, 0.25) is 0 Å². The summed E-state index contributed by atoms with van der Waals surface area (Å²) in [6.07, 6.45) is 0. The Hall–Kier alpha value is 0.450. The average Bonchev–Trinajstić information content (AvgIpc) is 2.02. The van der Waals surface area contributed by atoms with Crippen LogP contribution in [0, 0.1) is 0 Å². The molecule has 0 saturated heterocycles. The Morgan fingerprint density at radius 1 is 1.77 bits per heavy atom. The molecule has 0 rings (SSSR count). The zero-order valence-corrected chi connectivity index (χ0v) is 10.7. The number of ether oxygens (including phenoxy) is 1. The van der Waals surface area contributed by atoms with E-state index in [4.69, 9.17) is 5.21 Å². The molecule has 0 saturated carbocycles. The fourth-order valence-corrected chi connectivity index (χ4v) is 1.19. The van der Waals surface area contributed by atoms with Gasteiger partial charge in [-0.05, 0) is 6.92 Å². The first-order valence-electron chi connectivity index (χ1n) is 3.21. The van der Waals surface area contributed by atoms with Crippen molar-refractivity contribution in [2.75, 3.05) is 13.7 Å². The zero-order chi connectivity index (χ0) is 9.72. The molecule has 70 valence electrons. The third-order valence-corrected chi connectivity index (χ3v) is 2.16. The molecule has 2 atom stereocenters. The largest absolute Gasteiger partial charge is 1.00 e. The summed E-state index contributed by atoms with van der Waals surface area (Å²) in [6, 6.07) is -1.90. The van der Waals surface area contributed by atoms with Gasteiger partial charge >= 0.3 is 43.0 Å². The molecular formula is C5H10NNaO5P+. The topological polar surface area (TPSA) is 89.9 Å². The molecule has 0 heterocycles. The SMILES string of the molecule is CCOC([O-])[P+](=O)C(=O)N(C)O.[Na+]. The molecule has 2 unspecified atom stereocenters. The molecule has 0 aliphatic rings. The minimum absolute atomic E-state index is 0. The van der Waals surface area contributed by atoms with Gasteiger partial charge in [0.1, 0.15) is 0 Å². The molecular weight excluding hydrogens is 208 g/mol. The van der Waals surface area contributed by atoms with Gasteiger partial charge in [0, 0.05) is 13.7 Å². The van der Waals surface area contributed by atoms with Crippen molar-refractivity contribution in [2.45, 2.75) is 13.0 Å². The number of hydroxylamine groups is 2. The van der Waals surface area contributed by atoms with E-state index in [1.807, 2.05) is 0 Å². The second kappa shape index (κ2) is 7.82. The van der Waals surface area contributed by atoms with Gasteiger partial charge in [-0.1, -0.05) is 4.57 Å². The molecule has 0 aliphatic carbocycles. The Balaban J connectivity index is 0. The summed E-state index contributed by atoms with van der Waals surface area (Å²) in [7, 11) is -1.74. The predicted molar refractivity (Wildman–Crippen MR) is 38.0 cm³/mol. The number of hydrogen-bond donors (Lipinski definition) is 1. The van der Waals surface area contributed by atoms with E-state index in [1.165, 1.54) is 0 Å². The molecule has 0 aliphatic heterocycles. The van der Waals surface area contributed by atoms with E-state index in [1.54, 1.807) is 6.92 Å². The number of amides is 1. The average molecular weight is 218 g/mol. The van der Waals surface area contributed by atoms with Crippen molar-refractivity contribution in [1.29, 1.82) is 0 Å². The molecule has 0 aromatic carbocycles. The maximum atomic E-state index is 10.8. The maximum absolute atomic E-state index is 10.8. The van der Waals surface area contributed by atoms with Crippen LogP contribution in [0.15, 0.2) is 0 Å². The van der Waals surface area contributed by atoms with Crippen LogP contribution in [-0.4, -0.2) is 35.6 Å². The van der Waals surface area contributed by atoms with E-state index in [-0.39, 0.29) is 41.2 Å². The fraction of sp³-hybridized carbons (Fsp3) is 0.800. The van der Waals surface area contributed by atoms with E-state index >= 15 is 0 Å². The number of rotatable bonds is 4. The second-order valence-electron chi connectivity index (χ2n) is 1.89. The van der Waals surface area contributed by atoms with Crippen molar-refractivity contribution in [3.63, 3.8) is 0 Å². The molecule has 0 aromatic heterocycles. The summed E-state index contributed by atoms with van der Waals surface area (Å²) < 4.78 is 15.2. The Morgan fingerprint density at radius 2 is 2.23 bits per heavy atom. The van der Waals surface area contributed by atoms with Gasteiger partial charge in [-0.15, -0.1) is 0 Å². The Bertz CT molecular complexity index is 188. The van der Waals surface area contributed by atoms with Crippen LogP contribution in [0.3, 0.4) is 0 Å². The van der Waals surface area contributed by atoms with Crippen LogP contribution in [0.4, 0.5) is 4.79 Å². The second-order valence-corrected chi connectivity index (χ2v) is 3.35. The predicted octanol–water partition coefficient (Wildman–Crippen LogP) is -3.06. The third kappa shape index (κ3) is 5.70. The van der Waals surface area contributed by atoms with Gasteiger partial charge in [0.05, 0.1) is 0 Å². The van der Waals surface area contributed by atoms with Crippen LogP contribution in [0.25, 0.3) is 0 Å². The smallest absolute Gasteiger partial charge is 0.790 e. The van der Waals surface area contributed by atoms with E-state index in [0.717, 1.165) is 7.05 Å². The van der Waals surface area contributed by atoms with Gasteiger partial charge in [-0.25, -0.2) is 4.79 Å². The minimum Gasteiger partial charge on any atom is -0.790 e. The van der Waals surface area contributed by atoms with Gasteiger partial charge in [0.25, 0.3) is 0 Å². The number of hydrogen-bond acceptors (Lipinski definition) is 5. The van der Waals surface area contributed by atoms with Gasteiger partial charge in [0.15, 0.2) is 0 Å². The van der Waals surface area contributed by atoms with Gasteiger partial charge in [-0.2, -0.15) is 5.06 Å². The van der Waals surface area contributed by atoms with E-state index in [9.17, 15) is 14.5 Å². The van der Waals surface area contributed by atoms with E-state index < -0.39 is 19.5 Å². The van der Waals surface area contributed by atoms with Crippen molar-refractivity contribution in [3.8, 4) is 0 Å². The molecule has 0 bridgehead atoms. The molecule has 1 N–H and O–H groups in total. The summed E-state index contributed by atoms with van der Waals surface area (Å²) in [4.78, 5) is 10.7. The standard InChI is InChI=1S/C5H10NO5P.Na/c1-3-11-5(8)12(10)4(7)6(2)9;/h5,9H,3H2,1-2H3;/q;+1. The molecule has 1 amide bonds. The van der Waals surface area contributed by atoms with Crippen molar-refractivity contribution < 1.29 is 54.0 Å². The van der Waals surface area contributed by atoms with E-state index in [2.05, 4.69) is 4.74 Å². The Morgan fingerprint density at radius 3 is 2.54 bits per heavy atom. The zero-order valence-electron chi connectivity index (χ0n) is 7.76. The normalized spacial score (nSPS) is 12.8. The summed E-state index contributed by atoms with van der Waals surface area (Å²) in [6.45, 7) is 1.62. The van der Waals surface area contributed by atoms with Crippen molar-refractivity contribution in [1.82, 2.24) is 5.06 Å². The van der Waals surface area contributed by atoms with Crippen LogP contribution < -0.4 is 34.7 Å². The molecule has 8 heteroatoms. The van der Waals surface area contributed by atoms with Crippen LogP contribution in [-0.2, 0) is 9.30 Å². The molecule has 6 nitrogen and oxygen atoms in total. The number of carbonyl (C=O) groups excluding carboxylic acids is 1. The minimum atomic E-state index is -2.74. The first-order chi connectivity index (χ1) is 5.50. The molecule has 0 aromatic rings. The van der Waals surface area contributed by atoms with Crippen molar-refractivity contribution >= 4 is 13.4 Å².